The van der Waals surface area contributed by atoms with Crippen molar-refractivity contribution in [1.82, 2.24) is 15.0 Å². The number of aromatic carboxylic acids is 1. The fraction of sp³-hybridized carbons (Fsp3) is 0.0455. The van der Waals surface area contributed by atoms with Gasteiger partial charge in [0.25, 0.3) is 6.01 Å². The van der Waals surface area contributed by atoms with Crippen LogP contribution in [0.25, 0.3) is 31.8 Å². The zero-order chi connectivity index (χ0) is 20.8. The van der Waals surface area contributed by atoms with Crippen molar-refractivity contribution >= 4 is 50.2 Å². The Morgan fingerprint density at radius 2 is 1.93 bits per heavy atom. The number of halogens is 1. The van der Waals surface area contributed by atoms with Crippen molar-refractivity contribution in [2.45, 2.75) is 6.92 Å². The summed E-state index contributed by atoms with van der Waals surface area (Å²) in [5.41, 5.74) is 3.95. The zero-order valence-electron chi connectivity index (χ0n) is 15.6. The van der Waals surface area contributed by atoms with E-state index in [9.17, 15) is 9.90 Å². The number of ether oxygens (including phenoxy) is 1. The molecule has 0 bridgehead atoms. The Bertz CT molecular complexity index is 1410. The molecule has 0 radical (unpaired) electrons. The van der Waals surface area contributed by atoms with E-state index in [4.69, 9.17) is 16.3 Å². The predicted molar refractivity (Wildman–Crippen MR) is 118 cm³/mol. The van der Waals surface area contributed by atoms with Crippen LogP contribution in [0.3, 0.4) is 0 Å². The van der Waals surface area contributed by atoms with Gasteiger partial charge in [-0.2, -0.15) is 4.98 Å². The minimum absolute atomic E-state index is 0.185. The van der Waals surface area contributed by atoms with E-state index < -0.39 is 5.97 Å². The number of imidazole rings is 1. The molecule has 3 aromatic carbocycles. The van der Waals surface area contributed by atoms with Gasteiger partial charge in [-0.05, 0) is 48.9 Å². The summed E-state index contributed by atoms with van der Waals surface area (Å²) in [5, 5.41) is 10.7. The van der Waals surface area contributed by atoms with Crippen LogP contribution in [0.5, 0.6) is 11.8 Å². The van der Waals surface area contributed by atoms with E-state index >= 15 is 0 Å². The van der Waals surface area contributed by atoms with Crippen molar-refractivity contribution in [3.63, 3.8) is 0 Å². The first-order chi connectivity index (χ1) is 14.5. The molecular formula is C22H14ClN3O3S. The van der Waals surface area contributed by atoms with Gasteiger partial charge in [0.05, 0.1) is 31.8 Å². The fourth-order valence-electron chi connectivity index (χ4n) is 3.21. The number of hydrogen-bond donors (Lipinski definition) is 2. The van der Waals surface area contributed by atoms with Crippen LogP contribution < -0.4 is 4.74 Å². The summed E-state index contributed by atoms with van der Waals surface area (Å²) in [5.74, 6) is -0.621. The first-order valence-corrected chi connectivity index (χ1v) is 10.2. The summed E-state index contributed by atoms with van der Waals surface area (Å²) >= 11 is 8.09. The molecule has 2 heterocycles. The first kappa shape index (κ1) is 18.6. The summed E-state index contributed by atoms with van der Waals surface area (Å²) in [6.45, 7) is 1.74. The molecule has 0 atom stereocenters. The van der Waals surface area contributed by atoms with Crippen LogP contribution in [-0.4, -0.2) is 26.0 Å². The largest absolute Gasteiger partial charge is 0.478 e. The molecule has 0 fully saturated rings. The second-order valence-corrected chi connectivity index (χ2v) is 8.20. The third kappa shape index (κ3) is 3.28. The van der Waals surface area contributed by atoms with E-state index in [0.717, 1.165) is 20.8 Å². The summed E-state index contributed by atoms with van der Waals surface area (Å²) in [6.07, 6.45) is 0. The van der Waals surface area contributed by atoms with Gasteiger partial charge in [-0.1, -0.05) is 29.8 Å². The van der Waals surface area contributed by atoms with Crippen LogP contribution in [0.4, 0.5) is 0 Å². The lowest BCUT2D eigenvalue weighted by atomic mass is 10.1. The Morgan fingerprint density at radius 3 is 2.73 bits per heavy atom. The van der Waals surface area contributed by atoms with Gasteiger partial charge in [0.15, 0.2) is 0 Å². The van der Waals surface area contributed by atoms with Crippen molar-refractivity contribution in [3.05, 3.63) is 70.7 Å². The summed E-state index contributed by atoms with van der Waals surface area (Å²) < 4.78 is 6.84. The van der Waals surface area contributed by atoms with Gasteiger partial charge in [-0.15, -0.1) is 11.3 Å². The average molecular weight is 436 g/mol. The molecule has 5 rings (SSSR count). The molecule has 0 saturated heterocycles. The number of thiazole rings is 1. The Balaban J connectivity index is 1.52. The topological polar surface area (TPSA) is 88.1 Å². The maximum Gasteiger partial charge on any atom is 0.336 e. The number of nitrogens with one attached hydrogen (secondary N) is 1. The average Bonchev–Trinajstić information content (AvgIpc) is 3.31. The number of para-hydroxylation sites is 1. The highest BCUT2D eigenvalue weighted by atomic mass is 35.5. The second-order valence-electron chi connectivity index (χ2n) is 6.76. The molecule has 0 saturated carbocycles. The SMILES string of the molecule is Cc1ccc(Oc2nc3cc(-c4nc5ccccc5s4)c(Cl)cc3[nH]2)cc1C(=O)O. The highest BCUT2D eigenvalue weighted by molar-refractivity contribution is 7.21. The van der Waals surface area contributed by atoms with Crippen molar-refractivity contribution in [1.29, 1.82) is 0 Å². The quantitative estimate of drug-likeness (QED) is 0.346. The molecule has 0 spiro atoms. The molecule has 8 heteroatoms. The Kier molecular flexibility index (Phi) is 4.42. The van der Waals surface area contributed by atoms with Gasteiger partial charge in [0, 0.05) is 5.56 Å². The smallest absolute Gasteiger partial charge is 0.336 e. The molecule has 5 aromatic rings. The van der Waals surface area contributed by atoms with Crippen LogP contribution in [0.1, 0.15) is 15.9 Å². The third-order valence-corrected chi connectivity index (χ3v) is 6.11. The molecule has 148 valence electrons. The molecule has 0 aliphatic carbocycles. The van der Waals surface area contributed by atoms with Crippen LogP contribution in [-0.2, 0) is 0 Å². The normalized spacial score (nSPS) is 11.3. The maximum atomic E-state index is 11.3. The number of carboxylic acid groups (broad SMARTS) is 1. The van der Waals surface area contributed by atoms with Crippen LogP contribution >= 0.6 is 22.9 Å². The minimum Gasteiger partial charge on any atom is -0.478 e. The van der Waals surface area contributed by atoms with Crippen molar-refractivity contribution < 1.29 is 14.6 Å². The molecule has 6 nitrogen and oxygen atoms in total. The summed E-state index contributed by atoms with van der Waals surface area (Å²) in [6, 6.07) is 16.7. The summed E-state index contributed by atoms with van der Waals surface area (Å²) in [7, 11) is 0. The number of aromatic nitrogens is 3. The van der Waals surface area contributed by atoms with E-state index in [0.29, 0.717) is 27.4 Å². The first-order valence-electron chi connectivity index (χ1n) is 9.05. The van der Waals surface area contributed by atoms with Crippen molar-refractivity contribution in [3.8, 4) is 22.3 Å². The number of fused-ring (bicyclic) bond motifs is 2. The molecule has 0 amide bonds. The monoisotopic (exact) mass is 435 g/mol. The molecule has 0 unspecified atom stereocenters. The fourth-order valence-corrected chi connectivity index (χ4v) is 4.52. The minimum atomic E-state index is -1.00. The van der Waals surface area contributed by atoms with Crippen LogP contribution in [0, 0.1) is 6.92 Å². The molecule has 0 aliphatic rings. The Hall–Kier alpha value is -3.42. The molecular weight excluding hydrogens is 422 g/mol. The van der Waals surface area contributed by atoms with Crippen LogP contribution in [0.15, 0.2) is 54.6 Å². The second kappa shape index (κ2) is 7.12. The maximum absolute atomic E-state index is 11.3. The zero-order valence-corrected chi connectivity index (χ0v) is 17.2. The number of aryl methyl sites for hydroxylation is 1. The van der Waals surface area contributed by atoms with Crippen molar-refractivity contribution in [2.24, 2.45) is 0 Å². The number of H-pyrrole nitrogens is 1. The Labute approximate surface area is 179 Å². The van der Waals surface area contributed by atoms with Gasteiger partial charge in [-0.3, -0.25) is 0 Å². The van der Waals surface area contributed by atoms with E-state index in [-0.39, 0.29) is 11.6 Å². The summed E-state index contributed by atoms with van der Waals surface area (Å²) in [4.78, 5) is 23.6. The Morgan fingerprint density at radius 1 is 1.10 bits per heavy atom. The lowest BCUT2D eigenvalue weighted by Crippen LogP contribution is -2.00. The highest BCUT2D eigenvalue weighted by Crippen LogP contribution is 2.37. The number of carbonyl (C=O) groups is 1. The standard InChI is InChI=1S/C22H14ClN3O3S/c1-11-6-7-12(8-13(11)21(27)28)29-22-25-17-9-14(15(23)10-18(17)26-22)20-24-16-4-2-3-5-19(16)30-20/h2-10H,1H3,(H,25,26)(H,27,28). The van der Waals surface area contributed by atoms with Crippen molar-refractivity contribution in [2.75, 3.05) is 0 Å². The number of nitrogens with zero attached hydrogens (tertiary/aromatic N) is 2. The van der Waals surface area contributed by atoms with E-state index in [1.54, 1.807) is 36.5 Å². The lowest BCUT2D eigenvalue weighted by molar-refractivity contribution is 0.0695. The van der Waals surface area contributed by atoms with E-state index in [2.05, 4.69) is 15.0 Å². The van der Waals surface area contributed by atoms with Gasteiger partial charge < -0.3 is 14.8 Å². The highest BCUT2D eigenvalue weighted by Gasteiger charge is 2.15. The molecule has 0 aliphatic heterocycles. The van der Waals surface area contributed by atoms with E-state index in [1.807, 2.05) is 30.3 Å². The van der Waals surface area contributed by atoms with E-state index in [1.165, 1.54) is 6.07 Å². The number of benzene rings is 3. The van der Waals surface area contributed by atoms with Crippen LogP contribution in [0.2, 0.25) is 5.02 Å². The number of carboxylic acids is 1. The number of hydrogen-bond acceptors (Lipinski definition) is 5. The molecule has 2 aromatic heterocycles. The number of rotatable bonds is 4. The van der Waals surface area contributed by atoms with Gasteiger partial charge in [0.2, 0.25) is 0 Å². The van der Waals surface area contributed by atoms with Gasteiger partial charge in [0.1, 0.15) is 10.8 Å². The van der Waals surface area contributed by atoms with Gasteiger partial charge in [-0.25, -0.2) is 9.78 Å². The molecule has 2 N–H and O–H groups in total. The number of aromatic amines is 1. The predicted octanol–water partition coefficient (Wildman–Crippen LogP) is 6.29. The lowest BCUT2D eigenvalue weighted by Gasteiger charge is -2.05. The van der Waals surface area contributed by atoms with Gasteiger partial charge >= 0.3 is 5.97 Å². The molecule has 30 heavy (non-hydrogen) atoms. The third-order valence-electron chi connectivity index (χ3n) is 4.73.